The number of piperidine rings is 1. The minimum Gasteiger partial charge on any atom is -0.481 e. The summed E-state index contributed by atoms with van der Waals surface area (Å²) in [5.74, 6) is -1.60. The highest BCUT2D eigenvalue weighted by Crippen LogP contribution is 2.26. The molecule has 3 atom stereocenters. The number of carbonyl (C=O) groups is 2. The first-order valence-electron chi connectivity index (χ1n) is 8.85. The van der Waals surface area contributed by atoms with Crippen LogP contribution in [0.4, 0.5) is 4.39 Å². The average molecular weight is 375 g/mol. The monoisotopic (exact) mass is 375 g/mol. The first kappa shape index (κ1) is 18.9. The van der Waals surface area contributed by atoms with Crippen molar-refractivity contribution >= 4 is 11.9 Å². The molecule has 9 heteroatoms. The highest BCUT2D eigenvalue weighted by atomic mass is 19.1. The molecule has 1 fully saturated rings. The lowest BCUT2D eigenvalue weighted by molar-refractivity contribution is -0.148. The van der Waals surface area contributed by atoms with Crippen LogP contribution in [0.3, 0.4) is 0 Å². The van der Waals surface area contributed by atoms with E-state index in [1.165, 1.54) is 16.8 Å². The summed E-state index contributed by atoms with van der Waals surface area (Å²) < 4.78 is 15.0. The number of halogens is 1. The average Bonchev–Trinajstić information content (AvgIpc) is 3.04. The van der Waals surface area contributed by atoms with Gasteiger partial charge >= 0.3 is 5.97 Å². The number of nitrogens with zero attached hydrogens (tertiary/aromatic N) is 5. The number of aliphatic carboxylic acids is 1. The van der Waals surface area contributed by atoms with E-state index in [0.29, 0.717) is 24.4 Å². The van der Waals surface area contributed by atoms with Crippen LogP contribution in [0.15, 0.2) is 24.3 Å². The van der Waals surface area contributed by atoms with Crippen LogP contribution in [0, 0.1) is 24.6 Å². The molecule has 1 N–H and O–H groups in total. The van der Waals surface area contributed by atoms with E-state index < -0.39 is 17.9 Å². The molecule has 0 radical (unpaired) electrons. The summed E-state index contributed by atoms with van der Waals surface area (Å²) in [5.41, 5.74) is 0.642. The predicted molar refractivity (Wildman–Crippen MR) is 93.2 cm³/mol. The minimum absolute atomic E-state index is 0.0774. The number of carbonyl (C=O) groups excluding carboxylic acids is 1. The molecule has 144 valence electrons. The zero-order valence-electron chi connectivity index (χ0n) is 15.2. The minimum atomic E-state index is -0.903. The standard InChI is InChI=1S/C18H22FN5O3/c1-11-6-14(18(26)27)10-23(9-11)17(25)16(24-12(2)20-21-22-24)8-13-4-3-5-15(19)7-13/h3-5,7,11,14,16H,6,8-10H2,1-2H3,(H,26,27). The summed E-state index contributed by atoms with van der Waals surface area (Å²) in [6, 6.07) is 5.27. The Kier molecular flexibility index (Phi) is 5.48. The molecule has 1 aliphatic heterocycles. The normalized spacial score (nSPS) is 21.1. The fraction of sp³-hybridized carbons (Fsp3) is 0.500. The fourth-order valence-corrected chi connectivity index (χ4v) is 3.61. The van der Waals surface area contributed by atoms with Gasteiger partial charge in [-0.2, -0.15) is 0 Å². The van der Waals surface area contributed by atoms with Crippen molar-refractivity contribution in [2.75, 3.05) is 13.1 Å². The number of likely N-dealkylation sites (tertiary alicyclic amines) is 1. The van der Waals surface area contributed by atoms with E-state index in [-0.39, 0.29) is 30.6 Å². The SMILES string of the molecule is Cc1nnnn1C(Cc1cccc(F)c1)C(=O)N1CC(C)CC(C(=O)O)C1. The smallest absolute Gasteiger partial charge is 0.308 e. The van der Waals surface area contributed by atoms with E-state index in [1.807, 2.05) is 6.92 Å². The Hall–Kier alpha value is -2.84. The van der Waals surface area contributed by atoms with Gasteiger partial charge in [-0.15, -0.1) is 5.10 Å². The Morgan fingerprint density at radius 3 is 2.78 bits per heavy atom. The number of hydrogen-bond acceptors (Lipinski definition) is 5. The molecule has 3 rings (SSSR count). The van der Waals surface area contributed by atoms with Crippen LogP contribution in [0.5, 0.6) is 0 Å². The second-order valence-electron chi connectivity index (χ2n) is 7.14. The maximum absolute atomic E-state index is 13.6. The third kappa shape index (κ3) is 4.29. The maximum Gasteiger partial charge on any atom is 0.308 e. The summed E-state index contributed by atoms with van der Waals surface area (Å²) in [7, 11) is 0. The van der Waals surface area contributed by atoms with Crippen molar-refractivity contribution in [2.24, 2.45) is 11.8 Å². The summed E-state index contributed by atoms with van der Waals surface area (Å²) in [6.07, 6.45) is 0.753. The fourth-order valence-electron chi connectivity index (χ4n) is 3.61. The second-order valence-corrected chi connectivity index (χ2v) is 7.14. The summed E-state index contributed by atoms with van der Waals surface area (Å²) in [4.78, 5) is 26.3. The van der Waals surface area contributed by atoms with Crippen LogP contribution < -0.4 is 0 Å². The van der Waals surface area contributed by atoms with E-state index in [9.17, 15) is 19.1 Å². The number of benzene rings is 1. The Bertz CT molecular complexity index is 840. The van der Waals surface area contributed by atoms with Crippen LogP contribution in [0.25, 0.3) is 0 Å². The molecule has 2 heterocycles. The molecule has 1 amide bonds. The zero-order valence-corrected chi connectivity index (χ0v) is 15.2. The van der Waals surface area contributed by atoms with E-state index in [4.69, 9.17) is 0 Å². The summed E-state index contributed by atoms with van der Waals surface area (Å²) >= 11 is 0. The topological polar surface area (TPSA) is 101 Å². The van der Waals surface area contributed by atoms with Crippen molar-refractivity contribution in [1.29, 1.82) is 0 Å². The molecule has 2 aromatic rings. The lowest BCUT2D eigenvalue weighted by Gasteiger charge is -2.36. The van der Waals surface area contributed by atoms with Gasteiger partial charge in [-0.1, -0.05) is 19.1 Å². The van der Waals surface area contributed by atoms with Gasteiger partial charge in [0.1, 0.15) is 17.7 Å². The van der Waals surface area contributed by atoms with Crippen LogP contribution in [0.1, 0.15) is 30.8 Å². The van der Waals surface area contributed by atoms with Crippen LogP contribution >= 0.6 is 0 Å². The molecule has 1 saturated heterocycles. The Morgan fingerprint density at radius 2 is 2.15 bits per heavy atom. The molecule has 1 aromatic carbocycles. The van der Waals surface area contributed by atoms with Crippen molar-refractivity contribution in [3.05, 3.63) is 41.5 Å². The number of hydrogen-bond donors (Lipinski definition) is 1. The van der Waals surface area contributed by atoms with Crippen molar-refractivity contribution in [2.45, 2.75) is 32.7 Å². The van der Waals surface area contributed by atoms with Gasteiger partial charge < -0.3 is 10.0 Å². The molecular weight excluding hydrogens is 353 g/mol. The van der Waals surface area contributed by atoms with Crippen molar-refractivity contribution in [3.63, 3.8) is 0 Å². The molecule has 1 aromatic heterocycles. The van der Waals surface area contributed by atoms with E-state index in [0.717, 1.165) is 0 Å². The molecule has 0 aliphatic carbocycles. The van der Waals surface area contributed by atoms with Gasteiger partial charge in [0.2, 0.25) is 5.91 Å². The second kappa shape index (κ2) is 7.81. The molecule has 0 bridgehead atoms. The highest BCUT2D eigenvalue weighted by Gasteiger charge is 2.36. The van der Waals surface area contributed by atoms with Gasteiger partial charge in [-0.05, 0) is 47.4 Å². The van der Waals surface area contributed by atoms with Crippen LogP contribution in [0.2, 0.25) is 0 Å². The van der Waals surface area contributed by atoms with E-state index in [2.05, 4.69) is 15.5 Å². The number of carboxylic acids is 1. The molecule has 0 saturated carbocycles. The Labute approximate surface area is 156 Å². The van der Waals surface area contributed by atoms with Gasteiger partial charge in [-0.25, -0.2) is 9.07 Å². The Morgan fingerprint density at radius 1 is 1.37 bits per heavy atom. The van der Waals surface area contributed by atoms with Gasteiger partial charge in [0, 0.05) is 19.5 Å². The summed E-state index contributed by atoms with van der Waals surface area (Å²) in [5, 5.41) is 20.7. The number of aromatic nitrogens is 4. The molecule has 8 nitrogen and oxygen atoms in total. The van der Waals surface area contributed by atoms with Crippen molar-refractivity contribution in [3.8, 4) is 0 Å². The largest absolute Gasteiger partial charge is 0.481 e. The third-order valence-electron chi connectivity index (χ3n) is 4.88. The zero-order chi connectivity index (χ0) is 19.6. The van der Waals surface area contributed by atoms with Crippen LogP contribution in [-0.4, -0.2) is 55.2 Å². The molecule has 1 aliphatic rings. The quantitative estimate of drug-likeness (QED) is 0.849. The predicted octanol–water partition coefficient (Wildman–Crippen LogP) is 1.47. The summed E-state index contributed by atoms with van der Waals surface area (Å²) in [6.45, 7) is 4.24. The Balaban J connectivity index is 1.89. The van der Waals surface area contributed by atoms with E-state index in [1.54, 1.807) is 24.0 Å². The van der Waals surface area contributed by atoms with Crippen LogP contribution in [-0.2, 0) is 16.0 Å². The lowest BCUT2D eigenvalue weighted by Crippen LogP contribution is -2.48. The molecule has 0 spiro atoms. The number of amides is 1. The van der Waals surface area contributed by atoms with Crippen molar-refractivity contribution < 1.29 is 19.1 Å². The highest BCUT2D eigenvalue weighted by molar-refractivity contribution is 5.82. The number of rotatable bonds is 5. The van der Waals surface area contributed by atoms with Gasteiger partial charge in [0.25, 0.3) is 0 Å². The maximum atomic E-state index is 13.6. The van der Waals surface area contributed by atoms with Gasteiger partial charge in [0.15, 0.2) is 0 Å². The van der Waals surface area contributed by atoms with Gasteiger partial charge in [-0.3, -0.25) is 9.59 Å². The third-order valence-corrected chi connectivity index (χ3v) is 4.88. The number of tetrazole rings is 1. The number of aryl methyl sites for hydroxylation is 1. The molecule has 3 unspecified atom stereocenters. The van der Waals surface area contributed by atoms with Crippen molar-refractivity contribution in [1.82, 2.24) is 25.1 Å². The molecular formula is C18H22FN5O3. The number of carboxylic acid groups (broad SMARTS) is 1. The lowest BCUT2D eigenvalue weighted by atomic mass is 9.90. The molecule has 27 heavy (non-hydrogen) atoms. The van der Waals surface area contributed by atoms with E-state index >= 15 is 0 Å². The first-order chi connectivity index (χ1) is 12.8. The van der Waals surface area contributed by atoms with Gasteiger partial charge in [0.05, 0.1) is 5.92 Å². The first-order valence-corrected chi connectivity index (χ1v) is 8.85.